The molecule has 174 valence electrons. The zero-order chi connectivity index (χ0) is 23.5. The Morgan fingerprint density at radius 1 is 1.09 bits per heavy atom. The maximum Gasteiger partial charge on any atom is 0.323 e. The minimum absolute atomic E-state index is 0.0256. The molecule has 1 atom stereocenters. The van der Waals surface area contributed by atoms with Crippen molar-refractivity contribution in [1.29, 1.82) is 0 Å². The van der Waals surface area contributed by atoms with E-state index in [-0.39, 0.29) is 36.2 Å². The molecule has 1 unspecified atom stereocenters. The Labute approximate surface area is 191 Å². The average Bonchev–Trinajstić information content (AvgIpc) is 3.13. The van der Waals surface area contributed by atoms with Crippen LogP contribution in [0.15, 0.2) is 47.3 Å². The number of carbonyl (C=O) groups excluding carboxylic acids is 2. The van der Waals surface area contributed by atoms with Crippen molar-refractivity contribution in [2.24, 2.45) is 0 Å². The number of ether oxygens (including phenoxy) is 1. The summed E-state index contributed by atoms with van der Waals surface area (Å²) < 4.78 is 5.74. The molecule has 0 radical (unpaired) electrons. The quantitative estimate of drug-likeness (QED) is 0.533. The maximum absolute atomic E-state index is 12.9. The van der Waals surface area contributed by atoms with E-state index in [0.717, 1.165) is 11.3 Å². The van der Waals surface area contributed by atoms with Gasteiger partial charge in [0, 0.05) is 32.2 Å². The Balaban J connectivity index is 1.48. The molecule has 9 heteroatoms. The first-order valence-corrected chi connectivity index (χ1v) is 11.1. The van der Waals surface area contributed by atoms with Crippen molar-refractivity contribution in [1.82, 2.24) is 19.8 Å². The highest BCUT2D eigenvalue weighted by molar-refractivity contribution is 5.94. The fourth-order valence-corrected chi connectivity index (χ4v) is 4.15. The van der Waals surface area contributed by atoms with Crippen LogP contribution in [0.5, 0.6) is 5.75 Å². The number of carbonyl (C=O) groups is 2. The number of fused-ring (bicyclic) bond motifs is 1. The van der Waals surface area contributed by atoms with Crippen LogP contribution >= 0.6 is 0 Å². The Morgan fingerprint density at radius 2 is 1.82 bits per heavy atom. The number of nitrogens with one attached hydrogen (secondary N) is 3. The minimum atomic E-state index is -0.288. The molecule has 2 amide bonds. The number of hydrogen-bond acceptors (Lipinski definition) is 5. The van der Waals surface area contributed by atoms with Crippen LogP contribution < -0.4 is 15.7 Å². The molecule has 1 aromatic heterocycles. The van der Waals surface area contributed by atoms with E-state index in [1.807, 2.05) is 43.0 Å². The van der Waals surface area contributed by atoms with Gasteiger partial charge in [0.15, 0.2) is 0 Å². The molecule has 0 bridgehead atoms. The monoisotopic (exact) mass is 451 g/mol. The predicted octanol–water partition coefficient (Wildman–Crippen LogP) is 2.49. The molecule has 0 spiro atoms. The molecular formula is C24H29N5O4. The Morgan fingerprint density at radius 3 is 2.52 bits per heavy atom. The molecule has 1 fully saturated rings. The molecule has 2 heterocycles. The van der Waals surface area contributed by atoms with Gasteiger partial charge in [-0.2, -0.15) is 0 Å². The lowest BCUT2D eigenvalue weighted by Gasteiger charge is -2.41. The van der Waals surface area contributed by atoms with Crippen molar-refractivity contribution in [3.63, 3.8) is 0 Å². The SMILES string of the molecule is CC(=O)N1CCN(CC(=O)Nc2ccc3[nH]c(=O)[nH]c3c2)C(c2ccc(OC(C)C)cc2)C1. The van der Waals surface area contributed by atoms with E-state index >= 15 is 0 Å². The van der Waals surface area contributed by atoms with Gasteiger partial charge >= 0.3 is 5.69 Å². The Kier molecular flexibility index (Phi) is 6.50. The van der Waals surface area contributed by atoms with Gasteiger partial charge in [-0.15, -0.1) is 0 Å². The summed E-state index contributed by atoms with van der Waals surface area (Å²) in [5.74, 6) is 0.654. The third-order valence-corrected chi connectivity index (χ3v) is 5.72. The van der Waals surface area contributed by atoms with Gasteiger partial charge in [0.2, 0.25) is 11.8 Å². The lowest BCUT2D eigenvalue weighted by Crippen LogP contribution is -2.51. The number of anilines is 1. The van der Waals surface area contributed by atoms with E-state index in [2.05, 4.69) is 20.2 Å². The second kappa shape index (κ2) is 9.50. The number of imidazole rings is 1. The van der Waals surface area contributed by atoms with Crippen molar-refractivity contribution in [2.75, 3.05) is 31.5 Å². The molecule has 2 aromatic carbocycles. The van der Waals surface area contributed by atoms with Gasteiger partial charge in [0.1, 0.15) is 5.75 Å². The van der Waals surface area contributed by atoms with Crippen LogP contribution in [0.1, 0.15) is 32.4 Å². The molecule has 1 aliphatic heterocycles. The third kappa shape index (κ3) is 5.43. The van der Waals surface area contributed by atoms with Crippen molar-refractivity contribution < 1.29 is 14.3 Å². The van der Waals surface area contributed by atoms with Gasteiger partial charge in [-0.05, 0) is 49.7 Å². The maximum atomic E-state index is 12.9. The summed E-state index contributed by atoms with van der Waals surface area (Å²) in [4.78, 5) is 45.6. The standard InChI is InChI=1S/C24H29N5O4/c1-15(2)33-19-7-4-17(5-8-19)22-13-28(16(3)30)10-11-29(22)14-23(31)25-18-6-9-20-21(12-18)27-24(32)26-20/h4-9,12,15,22H,10-11,13-14H2,1-3H3,(H,25,31)(H2,26,27,32). The van der Waals surface area contributed by atoms with Crippen LogP contribution in [0.3, 0.4) is 0 Å². The van der Waals surface area contributed by atoms with E-state index < -0.39 is 0 Å². The number of piperazine rings is 1. The summed E-state index contributed by atoms with van der Waals surface area (Å²) >= 11 is 0. The molecule has 33 heavy (non-hydrogen) atoms. The predicted molar refractivity (Wildman–Crippen MR) is 126 cm³/mol. The largest absolute Gasteiger partial charge is 0.491 e. The van der Waals surface area contributed by atoms with E-state index in [1.165, 1.54) is 0 Å². The zero-order valence-corrected chi connectivity index (χ0v) is 19.1. The summed E-state index contributed by atoms with van der Waals surface area (Å²) in [7, 11) is 0. The molecule has 1 aliphatic rings. The molecule has 4 rings (SSSR count). The smallest absolute Gasteiger partial charge is 0.323 e. The van der Waals surface area contributed by atoms with E-state index in [0.29, 0.717) is 36.4 Å². The molecule has 1 saturated heterocycles. The van der Waals surface area contributed by atoms with Crippen molar-refractivity contribution >= 4 is 28.5 Å². The van der Waals surface area contributed by atoms with Crippen LogP contribution in [-0.4, -0.2) is 63.9 Å². The molecule has 0 aliphatic carbocycles. The van der Waals surface area contributed by atoms with Crippen molar-refractivity contribution in [3.8, 4) is 5.75 Å². The van der Waals surface area contributed by atoms with E-state index in [1.54, 1.807) is 25.1 Å². The van der Waals surface area contributed by atoms with Gasteiger partial charge in [0.25, 0.3) is 0 Å². The van der Waals surface area contributed by atoms with Gasteiger partial charge in [-0.3, -0.25) is 14.5 Å². The van der Waals surface area contributed by atoms with Gasteiger partial charge in [0.05, 0.1) is 29.7 Å². The highest BCUT2D eigenvalue weighted by Gasteiger charge is 2.30. The molecule has 3 aromatic rings. The second-order valence-corrected chi connectivity index (χ2v) is 8.57. The summed E-state index contributed by atoms with van der Waals surface area (Å²) in [6.07, 6.45) is 0.0854. The van der Waals surface area contributed by atoms with Crippen LogP contribution in [0, 0.1) is 0 Å². The van der Waals surface area contributed by atoms with Crippen LogP contribution in [0.2, 0.25) is 0 Å². The van der Waals surface area contributed by atoms with Crippen LogP contribution in [0.4, 0.5) is 5.69 Å². The lowest BCUT2D eigenvalue weighted by atomic mass is 10.0. The fraction of sp³-hybridized carbons (Fsp3) is 0.375. The van der Waals surface area contributed by atoms with Gasteiger partial charge < -0.3 is 24.9 Å². The topological polar surface area (TPSA) is 111 Å². The van der Waals surface area contributed by atoms with Gasteiger partial charge in [-0.1, -0.05) is 12.1 Å². The fourth-order valence-electron chi connectivity index (χ4n) is 4.15. The summed E-state index contributed by atoms with van der Waals surface area (Å²) in [6.45, 7) is 7.39. The summed E-state index contributed by atoms with van der Waals surface area (Å²) in [5.41, 5.74) is 2.66. The normalized spacial score (nSPS) is 16.8. The second-order valence-electron chi connectivity index (χ2n) is 8.57. The first kappa shape index (κ1) is 22.6. The molecule has 3 N–H and O–H groups in total. The van der Waals surface area contributed by atoms with Crippen LogP contribution in [0.25, 0.3) is 11.0 Å². The number of aromatic nitrogens is 2. The molecular weight excluding hydrogens is 422 g/mol. The highest BCUT2D eigenvalue weighted by atomic mass is 16.5. The minimum Gasteiger partial charge on any atom is -0.491 e. The molecule has 0 saturated carbocycles. The highest BCUT2D eigenvalue weighted by Crippen LogP contribution is 2.27. The van der Waals surface area contributed by atoms with E-state index in [4.69, 9.17) is 4.74 Å². The van der Waals surface area contributed by atoms with Crippen molar-refractivity contribution in [3.05, 3.63) is 58.5 Å². The van der Waals surface area contributed by atoms with E-state index in [9.17, 15) is 14.4 Å². The summed E-state index contributed by atoms with van der Waals surface area (Å²) in [6, 6.07) is 13.0. The average molecular weight is 452 g/mol. The first-order valence-electron chi connectivity index (χ1n) is 11.1. The molecule has 9 nitrogen and oxygen atoms in total. The Bertz CT molecular complexity index is 1200. The summed E-state index contributed by atoms with van der Waals surface area (Å²) in [5, 5.41) is 2.91. The van der Waals surface area contributed by atoms with Gasteiger partial charge in [-0.25, -0.2) is 4.79 Å². The Hall–Kier alpha value is -3.59. The first-order chi connectivity index (χ1) is 15.8. The van der Waals surface area contributed by atoms with Crippen LogP contribution in [-0.2, 0) is 9.59 Å². The zero-order valence-electron chi connectivity index (χ0n) is 19.1. The third-order valence-electron chi connectivity index (χ3n) is 5.72. The van der Waals surface area contributed by atoms with Crippen molar-refractivity contribution in [2.45, 2.75) is 32.9 Å². The number of hydrogen-bond donors (Lipinski definition) is 3. The number of rotatable bonds is 6. The lowest BCUT2D eigenvalue weighted by molar-refractivity contribution is -0.132. The number of nitrogens with zero attached hydrogens (tertiary/aromatic N) is 2. The number of H-pyrrole nitrogens is 2. The number of benzene rings is 2. The number of aromatic amines is 2. The number of amides is 2.